The summed E-state index contributed by atoms with van der Waals surface area (Å²) in [6.07, 6.45) is 9.45. The molecule has 1 heterocycles. The van der Waals surface area contributed by atoms with Crippen LogP contribution in [-0.2, 0) is 10.8 Å². The topological polar surface area (TPSA) is 49.7 Å². The van der Waals surface area contributed by atoms with E-state index in [4.69, 9.17) is 4.43 Å². The molecule has 2 saturated carbocycles. The van der Waals surface area contributed by atoms with Crippen molar-refractivity contribution in [1.82, 2.24) is 0 Å². The lowest BCUT2D eigenvalue weighted by molar-refractivity contribution is -0.0226. The fourth-order valence-corrected chi connectivity index (χ4v) is 6.88. The van der Waals surface area contributed by atoms with E-state index >= 15 is 0 Å². The maximum absolute atomic E-state index is 10.4. The van der Waals surface area contributed by atoms with Crippen LogP contribution in [0, 0.1) is 17.3 Å². The van der Waals surface area contributed by atoms with Crippen molar-refractivity contribution in [1.29, 1.82) is 0 Å². The molecule has 0 spiro atoms. The van der Waals surface area contributed by atoms with Gasteiger partial charge in [0.2, 0.25) is 9.76 Å². The summed E-state index contributed by atoms with van der Waals surface area (Å²) < 4.78 is 5.10. The molecule has 1 aromatic carbocycles. The number of hydrogen-bond acceptors (Lipinski definition) is 3. The van der Waals surface area contributed by atoms with Crippen molar-refractivity contribution in [3.05, 3.63) is 29.3 Å². The van der Waals surface area contributed by atoms with Crippen LogP contribution in [0.5, 0.6) is 5.75 Å². The van der Waals surface area contributed by atoms with Gasteiger partial charge in [-0.3, -0.25) is 0 Å². The number of phenols is 1. The Balaban J connectivity index is 0.000000240. The van der Waals surface area contributed by atoms with E-state index in [1.165, 1.54) is 49.3 Å². The quantitative estimate of drug-likeness (QED) is 0.662. The molecule has 4 heteroatoms. The van der Waals surface area contributed by atoms with Crippen LogP contribution in [0.2, 0.25) is 6.04 Å². The zero-order chi connectivity index (χ0) is 18.1. The molecular weight excluding hydrogens is 340 g/mol. The van der Waals surface area contributed by atoms with Crippen LogP contribution in [0.15, 0.2) is 18.2 Å². The normalized spacial score (nSPS) is 38.4. The SMILES string of the molecule is C1CC[Si]OC1.C[C@]12CC[C@@H]3c4ccc(O)cc4CC[C@H]3[C@@H]1CC[C@@H]2O. The van der Waals surface area contributed by atoms with Gasteiger partial charge >= 0.3 is 0 Å². The van der Waals surface area contributed by atoms with E-state index in [0.29, 0.717) is 17.6 Å². The summed E-state index contributed by atoms with van der Waals surface area (Å²) in [5.41, 5.74) is 2.99. The Morgan fingerprint density at radius 3 is 2.73 bits per heavy atom. The Morgan fingerprint density at radius 2 is 2.04 bits per heavy atom. The van der Waals surface area contributed by atoms with E-state index in [2.05, 4.69) is 13.0 Å². The molecule has 1 aromatic rings. The van der Waals surface area contributed by atoms with Crippen molar-refractivity contribution in [2.45, 2.75) is 76.4 Å². The predicted molar refractivity (Wildman–Crippen MR) is 104 cm³/mol. The van der Waals surface area contributed by atoms with Crippen molar-refractivity contribution < 1.29 is 14.6 Å². The van der Waals surface area contributed by atoms with Crippen LogP contribution in [0.25, 0.3) is 0 Å². The average Bonchev–Trinajstić information content (AvgIpc) is 2.98. The summed E-state index contributed by atoms with van der Waals surface area (Å²) in [4.78, 5) is 0. The Labute approximate surface area is 160 Å². The first kappa shape index (κ1) is 18.5. The van der Waals surface area contributed by atoms with Gasteiger partial charge in [0.15, 0.2) is 0 Å². The molecule has 5 rings (SSSR count). The molecular formula is C22H32O3Si. The molecule has 3 fully saturated rings. The maximum atomic E-state index is 10.4. The Morgan fingerprint density at radius 1 is 1.15 bits per heavy atom. The molecule has 0 bridgehead atoms. The average molecular weight is 373 g/mol. The summed E-state index contributed by atoms with van der Waals surface area (Å²) in [6, 6.07) is 7.26. The fraction of sp³-hybridized carbons (Fsp3) is 0.727. The Hall–Kier alpha value is -0.843. The lowest BCUT2D eigenvalue weighted by Gasteiger charge is -2.50. The molecule has 142 valence electrons. The van der Waals surface area contributed by atoms with E-state index < -0.39 is 0 Å². The first-order valence-corrected chi connectivity index (χ1v) is 11.6. The van der Waals surface area contributed by atoms with E-state index in [0.717, 1.165) is 41.6 Å². The van der Waals surface area contributed by atoms with Gasteiger partial charge in [-0.1, -0.05) is 19.4 Å². The number of phenolic OH excluding ortho intramolecular Hbond substituents is 1. The van der Waals surface area contributed by atoms with E-state index in [-0.39, 0.29) is 11.5 Å². The highest BCUT2D eigenvalue weighted by Crippen LogP contribution is 2.60. The molecule has 4 aliphatic rings. The molecule has 26 heavy (non-hydrogen) atoms. The summed E-state index contributed by atoms with van der Waals surface area (Å²) in [5, 5.41) is 20.0. The third-order valence-corrected chi connectivity index (χ3v) is 8.50. The highest BCUT2D eigenvalue weighted by molar-refractivity contribution is 6.27. The highest BCUT2D eigenvalue weighted by Gasteiger charge is 2.54. The maximum Gasteiger partial charge on any atom is 0.229 e. The summed E-state index contributed by atoms with van der Waals surface area (Å²) >= 11 is 0. The third kappa shape index (κ3) is 3.36. The van der Waals surface area contributed by atoms with Crippen LogP contribution < -0.4 is 0 Å². The largest absolute Gasteiger partial charge is 0.508 e. The van der Waals surface area contributed by atoms with Crippen molar-refractivity contribution in [2.24, 2.45) is 17.3 Å². The number of rotatable bonds is 0. The second-order valence-electron chi connectivity index (χ2n) is 8.89. The minimum atomic E-state index is -0.0883. The first-order chi connectivity index (χ1) is 12.6. The molecule has 3 nitrogen and oxygen atoms in total. The monoisotopic (exact) mass is 372 g/mol. The van der Waals surface area contributed by atoms with Gasteiger partial charge in [0, 0.05) is 6.61 Å². The minimum absolute atomic E-state index is 0.0883. The van der Waals surface area contributed by atoms with Crippen LogP contribution in [0.4, 0.5) is 0 Å². The van der Waals surface area contributed by atoms with Crippen molar-refractivity contribution in [3.63, 3.8) is 0 Å². The van der Waals surface area contributed by atoms with E-state index in [1.807, 2.05) is 12.1 Å². The summed E-state index contributed by atoms with van der Waals surface area (Å²) in [5.74, 6) is 2.49. The van der Waals surface area contributed by atoms with Gasteiger partial charge in [-0.25, -0.2) is 0 Å². The molecule has 3 aliphatic carbocycles. The number of hydrogen-bond donors (Lipinski definition) is 2. The lowest BCUT2D eigenvalue weighted by Crippen LogP contribution is -2.43. The van der Waals surface area contributed by atoms with Crippen molar-refractivity contribution in [2.75, 3.05) is 6.61 Å². The third-order valence-electron chi connectivity index (χ3n) is 7.54. The van der Waals surface area contributed by atoms with Gasteiger partial charge in [-0.05, 0) is 97.4 Å². The standard InChI is InChI=1S/C18H24O2.C4H8OSi/c1-18-9-8-14-13-5-3-12(19)10-11(13)2-4-15(14)16(18)6-7-17(18)20;1-2-4-6-5-3-1/h3,5,10,14-17,19-20H,2,4,6-9H2,1H3;1-4H2/t14-,15-,16+,17+,18+;/m1./s1. The number of aliphatic hydroxyl groups excluding tert-OH is 1. The lowest BCUT2D eigenvalue weighted by atomic mass is 9.55. The zero-order valence-corrected chi connectivity index (χ0v) is 16.9. The van der Waals surface area contributed by atoms with Gasteiger partial charge in [0.05, 0.1) is 6.10 Å². The molecule has 0 amide bonds. The predicted octanol–water partition coefficient (Wildman–Crippen LogP) is 4.44. The molecule has 5 atom stereocenters. The van der Waals surface area contributed by atoms with Crippen molar-refractivity contribution >= 4 is 9.76 Å². The number of fused-ring (bicyclic) bond motifs is 5. The highest BCUT2D eigenvalue weighted by atomic mass is 28.2. The Bertz CT molecular complexity index is 618. The second-order valence-corrected chi connectivity index (χ2v) is 9.96. The van der Waals surface area contributed by atoms with Gasteiger partial charge in [-0.15, -0.1) is 0 Å². The van der Waals surface area contributed by atoms with Crippen LogP contribution in [-0.4, -0.2) is 32.7 Å². The summed E-state index contributed by atoms with van der Waals surface area (Å²) in [6.45, 7) is 3.33. The zero-order valence-electron chi connectivity index (χ0n) is 15.9. The molecule has 2 radical (unpaired) electrons. The molecule has 2 N–H and O–H groups in total. The van der Waals surface area contributed by atoms with Crippen molar-refractivity contribution in [3.8, 4) is 5.75 Å². The number of aromatic hydroxyl groups is 1. The second kappa shape index (κ2) is 7.65. The van der Waals surface area contributed by atoms with Gasteiger partial charge < -0.3 is 14.6 Å². The Kier molecular flexibility index (Phi) is 5.45. The minimum Gasteiger partial charge on any atom is -0.508 e. The molecule has 1 saturated heterocycles. The van der Waals surface area contributed by atoms with E-state index in [9.17, 15) is 10.2 Å². The van der Waals surface area contributed by atoms with E-state index in [1.54, 1.807) is 0 Å². The smallest absolute Gasteiger partial charge is 0.229 e. The summed E-state index contributed by atoms with van der Waals surface area (Å²) in [7, 11) is 0.802. The van der Waals surface area contributed by atoms with Gasteiger partial charge in [0.1, 0.15) is 5.75 Å². The van der Waals surface area contributed by atoms with Gasteiger partial charge in [0.25, 0.3) is 0 Å². The number of aliphatic hydroxyl groups is 1. The van der Waals surface area contributed by atoms with Crippen LogP contribution >= 0.6 is 0 Å². The number of benzene rings is 1. The fourth-order valence-electron chi connectivity index (χ4n) is 6.06. The van der Waals surface area contributed by atoms with Crippen LogP contribution in [0.3, 0.4) is 0 Å². The first-order valence-electron chi connectivity index (χ1n) is 10.4. The van der Waals surface area contributed by atoms with Crippen LogP contribution in [0.1, 0.15) is 68.9 Å². The molecule has 0 unspecified atom stereocenters. The van der Waals surface area contributed by atoms with Gasteiger partial charge in [-0.2, -0.15) is 0 Å². The number of aryl methyl sites for hydroxylation is 1. The molecule has 1 aliphatic heterocycles. The molecule has 0 aromatic heterocycles.